The van der Waals surface area contributed by atoms with Crippen LogP contribution in [0.25, 0.3) is 0 Å². The molecule has 2 N–H and O–H groups in total. The van der Waals surface area contributed by atoms with Gasteiger partial charge < -0.3 is 15.5 Å². The van der Waals surface area contributed by atoms with Gasteiger partial charge in [-0.3, -0.25) is 9.78 Å². The van der Waals surface area contributed by atoms with E-state index in [0.29, 0.717) is 23.8 Å². The highest BCUT2D eigenvalue weighted by Gasteiger charge is 2.23. The molecule has 6 nitrogen and oxygen atoms in total. The second kappa shape index (κ2) is 11.7. The van der Waals surface area contributed by atoms with Crippen molar-refractivity contribution in [3.8, 4) is 0 Å². The number of anilines is 2. The Morgan fingerprint density at radius 3 is 2.53 bits per heavy atom. The molecule has 6 heteroatoms. The summed E-state index contributed by atoms with van der Waals surface area (Å²) in [6, 6.07) is 13.9. The van der Waals surface area contributed by atoms with Crippen molar-refractivity contribution in [3.63, 3.8) is 0 Å². The van der Waals surface area contributed by atoms with E-state index < -0.39 is 0 Å². The standard InChI is InChI=1S/C30H39N5O/c1-22(13-19-35-17-5-6-18-35)26-20-24(9-10-27(26)30(2,3)4)34-29(36)25-8-7-14-32-28(25)33-21-23-11-15-31-16-12-23/h7-12,14-16,20,22H,5-6,13,17-19,21H2,1-4H3,(H,32,33)(H,34,36). The molecule has 1 amide bonds. The van der Waals surface area contributed by atoms with Crippen molar-refractivity contribution in [2.75, 3.05) is 30.3 Å². The minimum absolute atomic E-state index is 0.0349. The molecule has 1 atom stereocenters. The summed E-state index contributed by atoms with van der Waals surface area (Å²) in [5.41, 5.74) is 5.12. The van der Waals surface area contributed by atoms with Gasteiger partial charge in [-0.1, -0.05) is 33.8 Å². The van der Waals surface area contributed by atoms with E-state index in [0.717, 1.165) is 24.2 Å². The van der Waals surface area contributed by atoms with Gasteiger partial charge in [-0.15, -0.1) is 0 Å². The fourth-order valence-electron chi connectivity index (χ4n) is 4.88. The van der Waals surface area contributed by atoms with E-state index in [2.05, 4.69) is 65.3 Å². The first kappa shape index (κ1) is 25.8. The van der Waals surface area contributed by atoms with Gasteiger partial charge in [0.15, 0.2) is 0 Å². The molecule has 190 valence electrons. The number of nitrogens with zero attached hydrogens (tertiary/aromatic N) is 3. The van der Waals surface area contributed by atoms with E-state index >= 15 is 0 Å². The average molecular weight is 486 g/mol. The number of rotatable bonds is 9. The Kier molecular flexibility index (Phi) is 8.36. The van der Waals surface area contributed by atoms with Crippen LogP contribution in [-0.4, -0.2) is 40.4 Å². The van der Waals surface area contributed by atoms with Crippen LogP contribution in [-0.2, 0) is 12.0 Å². The number of nitrogens with one attached hydrogen (secondary N) is 2. The van der Waals surface area contributed by atoms with Gasteiger partial charge in [-0.2, -0.15) is 0 Å². The van der Waals surface area contributed by atoms with Crippen molar-refractivity contribution in [2.24, 2.45) is 0 Å². The van der Waals surface area contributed by atoms with Gasteiger partial charge >= 0.3 is 0 Å². The Morgan fingerprint density at radius 2 is 1.81 bits per heavy atom. The summed E-state index contributed by atoms with van der Waals surface area (Å²) < 4.78 is 0. The molecule has 1 aliphatic heterocycles. The number of amides is 1. The molecule has 3 heterocycles. The molecule has 0 radical (unpaired) electrons. The van der Waals surface area contributed by atoms with Crippen molar-refractivity contribution >= 4 is 17.4 Å². The van der Waals surface area contributed by atoms with Gasteiger partial charge in [0.2, 0.25) is 0 Å². The van der Waals surface area contributed by atoms with E-state index in [1.807, 2.05) is 18.2 Å². The maximum atomic E-state index is 13.3. The summed E-state index contributed by atoms with van der Waals surface area (Å²) in [5.74, 6) is 0.810. The molecule has 1 saturated heterocycles. The summed E-state index contributed by atoms with van der Waals surface area (Å²) in [5, 5.41) is 6.42. The lowest BCUT2D eigenvalue weighted by Gasteiger charge is -2.28. The number of hydrogen-bond acceptors (Lipinski definition) is 5. The molecule has 1 fully saturated rings. The van der Waals surface area contributed by atoms with Crippen molar-refractivity contribution in [1.29, 1.82) is 0 Å². The second-order valence-corrected chi connectivity index (χ2v) is 10.9. The molecule has 0 bridgehead atoms. The molecule has 4 rings (SSSR count). The lowest BCUT2D eigenvalue weighted by molar-refractivity contribution is 0.102. The van der Waals surface area contributed by atoms with Crippen LogP contribution in [0.4, 0.5) is 11.5 Å². The molecule has 1 aromatic carbocycles. The molecular weight excluding hydrogens is 446 g/mol. The van der Waals surface area contributed by atoms with Gasteiger partial charge in [0.1, 0.15) is 5.82 Å². The number of benzene rings is 1. The van der Waals surface area contributed by atoms with Crippen molar-refractivity contribution in [1.82, 2.24) is 14.9 Å². The van der Waals surface area contributed by atoms with Crippen LogP contribution in [0.15, 0.2) is 61.1 Å². The zero-order valence-electron chi connectivity index (χ0n) is 22.1. The predicted octanol–water partition coefficient (Wildman–Crippen LogP) is 6.23. The van der Waals surface area contributed by atoms with Gasteiger partial charge in [-0.25, -0.2) is 4.98 Å². The Morgan fingerprint density at radius 1 is 1.06 bits per heavy atom. The monoisotopic (exact) mass is 485 g/mol. The maximum absolute atomic E-state index is 13.3. The van der Waals surface area contributed by atoms with E-state index in [4.69, 9.17) is 0 Å². The lowest BCUT2D eigenvalue weighted by Crippen LogP contribution is -2.23. The topological polar surface area (TPSA) is 70.2 Å². The molecule has 3 aromatic rings. The fraction of sp³-hybridized carbons (Fsp3) is 0.433. The maximum Gasteiger partial charge on any atom is 0.259 e. The van der Waals surface area contributed by atoms with Crippen molar-refractivity contribution < 1.29 is 4.79 Å². The van der Waals surface area contributed by atoms with Gasteiger partial charge in [0.25, 0.3) is 5.91 Å². The normalized spacial score (nSPS) is 15.0. The second-order valence-electron chi connectivity index (χ2n) is 10.9. The quantitative estimate of drug-likeness (QED) is 0.376. The summed E-state index contributed by atoms with van der Waals surface area (Å²) >= 11 is 0. The molecule has 0 aliphatic carbocycles. The smallest absolute Gasteiger partial charge is 0.259 e. The molecule has 1 unspecified atom stereocenters. The van der Waals surface area contributed by atoms with Crippen LogP contribution in [0, 0.1) is 0 Å². The average Bonchev–Trinajstić information content (AvgIpc) is 3.40. The molecule has 0 saturated carbocycles. The summed E-state index contributed by atoms with van der Waals surface area (Å²) in [6.45, 7) is 13.2. The highest BCUT2D eigenvalue weighted by Crippen LogP contribution is 2.34. The van der Waals surface area contributed by atoms with Gasteiger partial charge in [0, 0.05) is 30.8 Å². The number of carbonyl (C=O) groups is 1. The van der Waals surface area contributed by atoms with E-state index in [-0.39, 0.29) is 11.3 Å². The molecular formula is C30H39N5O. The number of carbonyl (C=O) groups excluding carboxylic acids is 1. The molecule has 36 heavy (non-hydrogen) atoms. The highest BCUT2D eigenvalue weighted by molar-refractivity contribution is 6.07. The fourth-order valence-corrected chi connectivity index (χ4v) is 4.88. The molecule has 0 spiro atoms. The summed E-state index contributed by atoms with van der Waals surface area (Å²) in [6.07, 6.45) is 8.96. The van der Waals surface area contributed by atoms with Gasteiger partial charge in [-0.05, 0) is 103 Å². The Balaban J connectivity index is 1.50. The van der Waals surface area contributed by atoms with Crippen molar-refractivity contribution in [2.45, 2.75) is 64.8 Å². The first-order valence-electron chi connectivity index (χ1n) is 13.1. The van der Waals surface area contributed by atoms with Gasteiger partial charge in [0.05, 0.1) is 5.56 Å². The van der Waals surface area contributed by atoms with Crippen molar-refractivity contribution in [3.05, 3.63) is 83.3 Å². The molecule has 1 aliphatic rings. The zero-order chi connectivity index (χ0) is 25.5. The lowest BCUT2D eigenvalue weighted by atomic mass is 9.79. The third kappa shape index (κ3) is 6.70. The Hall–Kier alpha value is -3.25. The van der Waals surface area contributed by atoms with Crippen LogP contribution in [0.5, 0.6) is 0 Å². The predicted molar refractivity (Wildman–Crippen MR) is 148 cm³/mol. The minimum Gasteiger partial charge on any atom is -0.365 e. The number of likely N-dealkylation sites (tertiary alicyclic amines) is 1. The number of aromatic nitrogens is 2. The van der Waals surface area contributed by atoms with E-state index in [1.54, 1.807) is 30.7 Å². The third-order valence-electron chi connectivity index (χ3n) is 6.99. The van der Waals surface area contributed by atoms with Crippen LogP contribution < -0.4 is 10.6 Å². The van der Waals surface area contributed by atoms with E-state index in [9.17, 15) is 4.79 Å². The Bertz CT molecular complexity index is 1150. The first-order chi connectivity index (χ1) is 17.3. The third-order valence-corrected chi connectivity index (χ3v) is 6.99. The SMILES string of the molecule is CC(CCN1CCCC1)c1cc(NC(=O)c2cccnc2NCc2ccncc2)ccc1C(C)(C)C. The number of hydrogen-bond donors (Lipinski definition) is 2. The first-order valence-corrected chi connectivity index (χ1v) is 13.1. The largest absolute Gasteiger partial charge is 0.365 e. The van der Waals surface area contributed by atoms with Crippen LogP contribution in [0.2, 0.25) is 0 Å². The number of pyridine rings is 2. The van der Waals surface area contributed by atoms with Crippen LogP contribution >= 0.6 is 0 Å². The summed E-state index contributed by atoms with van der Waals surface area (Å²) in [4.78, 5) is 24.3. The summed E-state index contributed by atoms with van der Waals surface area (Å²) in [7, 11) is 0. The van der Waals surface area contributed by atoms with Crippen LogP contribution in [0.1, 0.15) is 79.9 Å². The minimum atomic E-state index is -0.167. The molecule has 2 aromatic heterocycles. The highest BCUT2D eigenvalue weighted by atomic mass is 16.1. The Labute approximate surface area is 215 Å². The zero-order valence-corrected chi connectivity index (χ0v) is 22.1. The van der Waals surface area contributed by atoms with E-state index in [1.165, 1.54) is 37.1 Å². The van der Waals surface area contributed by atoms with Crippen LogP contribution in [0.3, 0.4) is 0 Å².